The smallest absolute Gasteiger partial charge is 0.268 e. The van der Waals surface area contributed by atoms with Gasteiger partial charge < -0.3 is 25.8 Å². The molecule has 2 unspecified atom stereocenters. The van der Waals surface area contributed by atoms with Crippen molar-refractivity contribution >= 4 is 52.3 Å². The highest BCUT2D eigenvalue weighted by Gasteiger charge is 2.46. The summed E-state index contributed by atoms with van der Waals surface area (Å²) in [4.78, 5) is 65.4. The number of carbonyl (C=O) groups is 4. The van der Waals surface area contributed by atoms with Crippen LogP contribution in [0.3, 0.4) is 0 Å². The number of fused-ring (bicyclic) bond motifs is 2. The lowest BCUT2D eigenvalue weighted by Crippen LogP contribution is -2.61. The molecule has 7 heterocycles. The van der Waals surface area contributed by atoms with E-state index in [1.807, 2.05) is 18.1 Å². The van der Waals surface area contributed by atoms with Crippen LogP contribution < -0.4 is 31.6 Å². The molecular weight excluding hydrogens is 720 g/mol. The zero-order chi connectivity index (χ0) is 38.0. The Morgan fingerprint density at radius 1 is 1.00 bits per heavy atom. The number of imide groups is 1. The maximum Gasteiger partial charge on any atom is 0.268 e. The van der Waals surface area contributed by atoms with Crippen LogP contribution in [0.1, 0.15) is 69.4 Å². The van der Waals surface area contributed by atoms with Crippen molar-refractivity contribution in [2.75, 3.05) is 55.0 Å². The van der Waals surface area contributed by atoms with Gasteiger partial charge in [-0.2, -0.15) is 0 Å². The van der Waals surface area contributed by atoms with E-state index < -0.39 is 11.8 Å². The number of primary amides is 1. The Balaban J connectivity index is 0.824. The van der Waals surface area contributed by atoms with Crippen molar-refractivity contribution < 1.29 is 19.2 Å². The molecule has 282 valence electrons. The number of benzene rings is 2. The van der Waals surface area contributed by atoms with E-state index in [0.29, 0.717) is 47.2 Å². The predicted octanol–water partition coefficient (Wildman–Crippen LogP) is 3.47. The molecule has 0 bridgehead atoms. The van der Waals surface area contributed by atoms with Crippen LogP contribution in [0.5, 0.6) is 0 Å². The number of likely N-dealkylation sites (tertiary alicyclic amines) is 1. The number of hydrogen-bond donors (Lipinski definition) is 4. The fourth-order valence-corrected chi connectivity index (χ4v) is 9.20. The number of pyridine rings is 1. The van der Waals surface area contributed by atoms with E-state index in [4.69, 9.17) is 22.3 Å². The molecule has 2 atom stereocenters. The second-order valence-corrected chi connectivity index (χ2v) is 15.5. The molecule has 4 amide bonds. The fourth-order valence-electron chi connectivity index (χ4n) is 8.89. The number of piperidine rings is 2. The Morgan fingerprint density at radius 2 is 1.82 bits per heavy atom. The molecule has 3 saturated heterocycles. The van der Waals surface area contributed by atoms with Crippen molar-refractivity contribution in [1.82, 2.24) is 30.2 Å². The van der Waals surface area contributed by atoms with Gasteiger partial charge in [-0.3, -0.25) is 34.9 Å². The van der Waals surface area contributed by atoms with Crippen molar-refractivity contribution in [3.63, 3.8) is 0 Å². The van der Waals surface area contributed by atoms with Crippen molar-refractivity contribution in [3.8, 4) is 11.3 Å². The Kier molecular flexibility index (Phi) is 8.52. The van der Waals surface area contributed by atoms with E-state index in [2.05, 4.69) is 67.3 Å². The maximum absolute atomic E-state index is 13.5. The molecule has 1 spiro atoms. The number of imidazole rings is 1. The topological polar surface area (TPSA) is 171 Å². The third-order valence-corrected chi connectivity index (χ3v) is 12.3. The van der Waals surface area contributed by atoms with Crippen molar-refractivity contribution in [2.45, 2.75) is 44.2 Å². The predicted molar refractivity (Wildman–Crippen MR) is 208 cm³/mol. The lowest BCUT2D eigenvalue weighted by atomic mass is 9.71. The Labute approximate surface area is 322 Å². The molecule has 0 saturated carbocycles. The number of aromatic nitrogens is 3. The third kappa shape index (κ3) is 6.04. The normalized spacial score (nSPS) is 21.3. The lowest BCUT2D eigenvalue weighted by Gasteiger charge is -2.55. The first-order chi connectivity index (χ1) is 26.6. The van der Waals surface area contributed by atoms with Crippen LogP contribution in [0.2, 0.25) is 5.02 Å². The number of nitrogens with one attached hydrogen (secondary N) is 3. The molecule has 5 aliphatic heterocycles. The van der Waals surface area contributed by atoms with E-state index in [1.165, 1.54) is 11.8 Å². The number of hydrogen-bond acceptors (Lipinski definition) is 10. The number of halogens is 1. The summed E-state index contributed by atoms with van der Waals surface area (Å²) in [5.41, 5.74) is 16.9. The van der Waals surface area contributed by atoms with E-state index in [-0.39, 0.29) is 35.7 Å². The summed E-state index contributed by atoms with van der Waals surface area (Å²) in [5, 5.41) is 5.95. The standard InChI is InChI=1S/C40H41ClN10O4/c1-43-31-18-34(47-51-33(36(42)53)20-45-37(31)51)50-14-11-27-26(3-2-4-32(27)50)30-9-6-24(19-44-30)49-21-40(22-49)12-15-48(16-13-40)39(55)23-5-7-25(29(41)17-23)28-8-10-35(52)46-38(28)54/h2-7,9,17-20,28,34,43,47H,8,10-16,21-22H2,1H3,(H2,42,53)(H,46,52,54). The summed E-state index contributed by atoms with van der Waals surface area (Å²) < 4.78 is 1.66. The zero-order valence-corrected chi connectivity index (χ0v) is 31.1. The molecule has 14 nitrogen and oxygen atoms in total. The summed E-state index contributed by atoms with van der Waals surface area (Å²) in [6.07, 6.45) is 8.67. The van der Waals surface area contributed by atoms with Crippen LogP contribution in [0.15, 0.2) is 67.0 Å². The summed E-state index contributed by atoms with van der Waals surface area (Å²) in [6, 6.07) is 15.7. The SMILES string of the molecule is CNC1=CC(N2CCc3c(-c4ccc(N5CC6(CCN(C(=O)c7ccc(C8CCC(=O)NC8=O)c(Cl)c7)CC6)C5)cn4)cccc32)Nn2c(C(N)=O)cnc21. The summed E-state index contributed by atoms with van der Waals surface area (Å²) >= 11 is 6.57. The van der Waals surface area contributed by atoms with Gasteiger partial charge in [0.25, 0.3) is 11.8 Å². The molecule has 3 fully saturated rings. The first-order valence-electron chi connectivity index (χ1n) is 18.7. The molecule has 55 heavy (non-hydrogen) atoms. The van der Waals surface area contributed by atoms with E-state index in [9.17, 15) is 19.2 Å². The average molecular weight is 761 g/mol. The number of nitrogens with zero attached hydrogens (tertiary/aromatic N) is 6. The quantitative estimate of drug-likeness (QED) is 0.205. The van der Waals surface area contributed by atoms with Gasteiger partial charge in [-0.1, -0.05) is 29.8 Å². The molecule has 2 aromatic carbocycles. The minimum atomic E-state index is -0.549. The van der Waals surface area contributed by atoms with Crippen LogP contribution in [0.25, 0.3) is 17.0 Å². The molecule has 4 aromatic rings. The molecule has 0 radical (unpaired) electrons. The molecular formula is C40H41ClN10O4. The second-order valence-electron chi connectivity index (χ2n) is 15.1. The van der Waals surface area contributed by atoms with Crippen LogP contribution in [-0.2, 0) is 16.0 Å². The zero-order valence-electron chi connectivity index (χ0n) is 30.3. The van der Waals surface area contributed by atoms with Gasteiger partial charge in [-0.25, -0.2) is 9.66 Å². The lowest BCUT2D eigenvalue weighted by molar-refractivity contribution is -0.134. The molecule has 5 N–H and O–H groups in total. The van der Waals surface area contributed by atoms with Gasteiger partial charge in [-0.05, 0) is 73.2 Å². The minimum absolute atomic E-state index is 0.0585. The van der Waals surface area contributed by atoms with Crippen LogP contribution in [0, 0.1) is 5.41 Å². The molecule has 15 heteroatoms. The third-order valence-electron chi connectivity index (χ3n) is 11.9. The monoisotopic (exact) mass is 760 g/mol. The van der Waals surface area contributed by atoms with Crippen LogP contribution in [0.4, 0.5) is 11.4 Å². The van der Waals surface area contributed by atoms with E-state index >= 15 is 0 Å². The van der Waals surface area contributed by atoms with Crippen LogP contribution >= 0.6 is 11.6 Å². The highest BCUT2D eigenvalue weighted by molar-refractivity contribution is 6.32. The number of rotatable bonds is 7. The summed E-state index contributed by atoms with van der Waals surface area (Å²) in [6.45, 7) is 3.97. The molecule has 5 aliphatic rings. The summed E-state index contributed by atoms with van der Waals surface area (Å²) in [5.74, 6) is -1.11. The van der Waals surface area contributed by atoms with E-state index in [0.717, 1.165) is 67.2 Å². The van der Waals surface area contributed by atoms with Gasteiger partial charge in [0.05, 0.1) is 35.4 Å². The Bertz CT molecular complexity index is 2270. The molecule has 9 rings (SSSR count). The van der Waals surface area contributed by atoms with Crippen LogP contribution in [-0.4, -0.2) is 89.1 Å². The number of nitrogens with two attached hydrogens (primary N) is 1. The Morgan fingerprint density at radius 3 is 2.53 bits per heavy atom. The van der Waals surface area contributed by atoms with E-state index in [1.54, 1.807) is 22.9 Å². The number of anilines is 2. The van der Waals surface area contributed by atoms with Gasteiger partial charge in [0, 0.05) is 73.4 Å². The Hall–Kier alpha value is -5.89. The molecule has 0 aliphatic carbocycles. The fraction of sp³-hybridized carbons (Fsp3) is 0.350. The van der Waals surface area contributed by atoms with Gasteiger partial charge in [-0.15, -0.1) is 0 Å². The maximum atomic E-state index is 13.5. The number of carbonyl (C=O) groups excluding carboxylic acids is 4. The molecule has 2 aromatic heterocycles. The first-order valence-corrected chi connectivity index (χ1v) is 19.1. The van der Waals surface area contributed by atoms with Gasteiger partial charge in [0.15, 0.2) is 5.82 Å². The average Bonchev–Trinajstić information content (AvgIpc) is 3.82. The summed E-state index contributed by atoms with van der Waals surface area (Å²) in [7, 11) is 1.84. The van der Waals surface area contributed by atoms with Gasteiger partial charge in [0.2, 0.25) is 11.8 Å². The first kappa shape index (κ1) is 34.9. The van der Waals surface area contributed by atoms with Gasteiger partial charge >= 0.3 is 0 Å². The minimum Gasteiger partial charge on any atom is -0.385 e. The highest BCUT2D eigenvalue weighted by atomic mass is 35.5. The highest BCUT2D eigenvalue weighted by Crippen LogP contribution is 2.44. The van der Waals surface area contributed by atoms with Crippen molar-refractivity contribution in [1.29, 1.82) is 0 Å². The second kappa shape index (κ2) is 13.4. The van der Waals surface area contributed by atoms with Gasteiger partial charge in [0.1, 0.15) is 11.9 Å². The largest absolute Gasteiger partial charge is 0.385 e. The van der Waals surface area contributed by atoms with Crippen molar-refractivity contribution in [3.05, 3.63) is 100 Å². The van der Waals surface area contributed by atoms with Crippen molar-refractivity contribution in [2.24, 2.45) is 11.1 Å². The number of amides is 4.